The molecular weight excluding hydrogens is 261 g/mol. The molecule has 0 unspecified atom stereocenters. The van der Waals surface area contributed by atoms with E-state index in [0.29, 0.717) is 12.2 Å². The highest BCUT2D eigenvalue weighted by Gasteiger charge is 2.07. The molecule has 0 aliphatic carbocycles. The zero-order chi connectivity index (χ0) is 14.8. The smallest absolute Gasteiger partial charge is 0.307 e. The number of rotatable bonds is 8. The van der Waals surface area contributed by atoms with Crippen LogP contribution in [0.5, 0.6) is 0 Å². The lowest BCUT2D eigenvalue weighted by Crippen LogP contribution is -2.26. The van der Waals surface area contributed by atoms with Crippen LogP contribution in [0, 0.1) is 5.82 Å². The molecule has 0 aliphatic heterocycles. The normalized spacial score (nSPS) is 10.1. The monoisotopic (exact) mass is 281 g/mol. The van der Waals surface area contributed by atoms with Crippen molar-refractivity contribution >= 4 is 11.9 Å². The highest BCUT2D eigenvalue weighted by Crippen LogP contribution is 2.02. The summed E-state index contributed by atoms with van der Waals surface area (Å²) in [6.45, 7) is 2.72. The molecule has 0 heterocycles. The molecule has 0 saturated heterocycles. The number of carbonyl (C=O) groups is 2. The molecule has 1 aromatic carbocycles. The Morgan fingerprint density at radius 3 is 2.55 bits per heavy atom. The Balaban J connectivity index is 2.18. The molecule has 1 aromatic rings. The lowest BCUT2D eigenvalue weighted by molar-refractivity contribution is -0.143. The van der Waals surface area contributed by atoms with E-state index in [9.17, 15) is 14.0 Å². The highest BCUT2D eigenvalue weighted by atomic mass is 19.1. The van der Waals surface area contributed by atoms with Crippen LogP contribution in [0.4, 0.5) is 4.39 Å². The van der Waals surface area contributed by atoms with Gasteiger partial charge in [0.2, 0.25) is 0 Å². The van der Waals surface area contributed by atoms with Crippen LogP contribution in [0.25, 0.3) is 0 Å². The van der Waals surface area contributed by atoms with Gasteiger partial charge in [-0.2, -0.15) is 0 Å². The Morgan fingerprint density at radius 2 is 1.90 bits per heavy atom. The predicted molar refractivity (Wildman–Crippen MR) is 73.8 cm³/mol. The minimum atomic E-state index is -0.391. The van der Waals surface area contributed by atoms with E-state index in [1.54, 1.807) is 0 Å². The van der Waals surface area contributed by atoms with Crippen LogP contribution in [-0.4, -0.2) is 25.0 Å². The fraction of sp³-hybridized carbons (Fsp3) is 0.467. The molecule has 0 bridgehead atoms. The standard InChI is InChI=1S/C15H20FNO3/c1-2-3-4-11-20-14(18)9-10-17-15(19)12-5-7-13(16)8-6-12/h5-8H,2-4,9-11H2,1H3,(H,17,19). The quantitative estimate of drug-likeness (QED) is 0.589. The zero-order valence-electron chi connectivity index (χ0n) is 11.7. The molecule has 0 radical (unpaired) electrons. The number of carbonyl (C=O) groups excluding carboxylic acids is 2. The summed E-state index contributed by atoms with van der Waals surface area (Å²) in [6, 6.07) is 5.23. The third kappa shape index (κ3) is 6.31. The Labute approximate surface area is 118 Å². The van der Waals surface area contributed by atoms with Crippen molar-refractivity contribution in [2.75, 3.05) is 13.2 Å². The molecule has 20 heavy (non-hydrogen) atoms. The number of esters is 1. The fourth-order valence-electron chi connectivity index (χ4n) is 1.59. The molecule has 5 heteroatoms. The van der Waals surface area contributed by atoms with E-state index >= 15 is 0 Å². The van der Waals surface area contributed by atoms with Crippen LogP contribution in [0.15, 0.2) is 24.3 Å². The van der Waals surface area contributed by atoms with Crippen molar-refractivity contribution in [2.45, 2.75) is 32.6 Å². The number of amides is 1. The second-order valence-electron chi connectivity index (χ2n) is 4.44. The van der Waals surface area contributed by atoms with Crippen LogP contribution < -0.4 is 5.32 Å². The number of hydrogen-bond acceptors (Lipinski definition) is 3. The van der Waals surface area contributed by atoms with Gasteiger partial charge in [-0.25, -0.2) is 4.39 Å². The van der Waals surface area contributed by atoms with Gasteiger partial charge in [0.05, 0.1) is 13.0 Å². The van der Waals surface area contributed by atoms with Gasteiger partial charge < -0.3 is 10.1 Å². The highest BCUT2D eigenvalue weighted by molar-refractivity contribution is 5.94. The van der Waals surface area contributed by atoms with Crippen molar-refractivity contribution in [3.8, 4) is 0 Å². The average Bonchev–Trinajstić information content (AvgIpc) is 2.44. The summed E-state index contributed by atoms with van der Waals surface area (Å²) in [5, 5.41) is 2.59. The third-order valence-electron chi connectivity index (χ3n) is 2.73. The van der Waals surface area contributed by atoms with Crippen molar-refractivity contribution in [3.05, 3.63) is 35.6 Å². The van der Waals surface area contributed by atoms with Crippen LogP contribution in [0.3, 0.4) is 0 Å². The van der Waals surface area contributed by atoms with E-state index in [-0.39, 0.29) is 24.8 Å². The average molecular weight is 281 g/mol. The molecule has 0 atom stereocenters. The second kappa shape index (κ2) is 9.07. The molecule has 0 spiro atoms. The molecule has 1 N–H and O–H groups in total. The van der Waals surface area contributed by atoms with E-state index in [1.165, 1.54) is 24.3 Å². The molecule has 110 valence electrons. The van der Waals surface area contributed by atoms with E-state index in [1.807, 2.05) is 0 Å². The van der Waals surface area contributed by atoms with Gasteiger partial charge >= 0.3 is 5.97 Å². The molecule has 1 amide bonds. The minimum Gasteiger partial charge on any atom is -0.466 e. The maximum absolute atomic E-state index is 12.7. The fourth-order valence-corrected chi connectivity index (χ4v) is 1.59. The molecular formula is C15H20FNO3. The molecule has 0 aromatic heterocycles. The summed E-state index contributed by atoms with van der Waals surface area (Å²) < 4.78 is 17.7. The maximum Gasteiger partial charge on any atom is 0.307 e. The first-order valence-corrected chi connectivity index (χ1v) is 6.83. The van der Waals surface area contributed by atoms with Gasteiger partial charge in [0.15, 0.2) is 0 Å². The van der Waals surface area contributed by atoms with Gasteiger partial charge in [0.1, 0.15) is 5.82 Å². The number of halogens is 1. The topological polar surface area (TPSA) is 55.4 Å². The number of benzene rings is 1. The maximum atomic E-state index is 12.7. The number of unbranched alkanes of at least 4 members (excludes halogenated alkanes) is 2. The molecule has 0 saturated carbocycles. The zero-order valence-corrected chi connectivity index (χ0v) is 11.7. The van der Waals surface area contributed by atoms with Crippen LogP contribution >= 0.6 is 0 Å². The summed E-state index contributed by atoms with van der Waals surface area (Å²) in [5.41, 5.74) is 0.364. The largest absolute Gasteiger partial charge is 0.466 e. The second-order valence-corrected chi connectivity index (χ2v) is 4.44. The van der Waals surface area contributed by atoms with Gasteiger partial charge in [0.25, 0.3) is 5.91 Å². The van der Waals surface area contributed by atoms with Crippen molar-refractivity contribution < 1.29 is 18.7 Å². The third-order valence-corrected chi connectivity index (χ3v) is 2.73. The van der Waals surface area contributed by atoms with Crippen LogP contribution in [0.1, 0.15) is 43.0 Å². The lowest BCUT2D eigenvalue weighted by atomic mass is 10.2. The van der Waals surface area contributed by atoms with Crippen LogP contribution in [-0.2, 0) is 9.53 Å². The summed E-state index contributed by atoms with van der Waals surface area (Å²) in [5.74, 6) is -1.04. The summed E-state index contributed by atoms with van der Waals surface area (Å²) in [4.78, 5) is 23.0. The lowest BCUT2D eigenvalue weighted by Gasteiger charge is -2.06. The van der Waals surface area contributed by atoms with Gasteiger partial charge in [0, 0.05) is 12.1 Å². The van der Waals surface area contributed by atoms with Gasteiger partial charge in [-0.05, 0) is 30.7 Å². The van der Waals surface area contributed by atoms with E-state index in [4.69, 9.17) is 4.74 Å². The Morgan fingerprint density at radius 1 is 1.20 bits per heavy atom. The first-order chi connectivity index (χ1) is 9.63. The van der Waals surface area contributed by atoms with Crippen molar-refractivity contribution in [1.29, 1.82) is 0 Å². The minimum absolute atomic E-state index is 0.138. The summed E-state index contributed by atoms with van der Waals surface area (Å²) >= 11 is 0. The first-order valence-electron chi connectivity index (χ1n) is 6.83. The summed E-state index contributed by atoms with van der Waals surface area (Å²) in [6.07, 6.45) is 3.11. The van der Waals surface area contributed by atoms with Crippen molar-refractivity contribution in [2.24, 2.45) is 0 Å². The van der Waals surface area contributed by atoms with Gasteiger partial charge in [-0.1, -0.05) is 19.8 Å². The molecule has 0 aliphatic rings. The molecule has 0 fully saturated rings. The van der Waals surface area contributed by atoms with E-state index < -0.39 is 5.82 Å². The Kier molecular flexibility index (Phi) is 7.32. The van der Waals surface area contributed by atoms with Gasteiger partial charge in [-0.15, -0.1) is 0 Å². The number of nitrogens with one attached hydrogen (secondary N) is 1. The first kappa shape index (κ1) is 16.1. The number of ether oxygens (including phenoxy) is 1. The predicted octanol–water partition coefficient (Wildman–Crippen LogP) is 2.68. The molecule has 1 rings (SSSR count). The molecule has 4 nitrogen and oxygen atoms in total. The SMILES string of the molecule is CCCCCOC(=O)CCNC(=O)c1ccc(F)cc1. The van der Waals surface area contributed by atoms with Crippen LogP contribution in [0.2, 0.25) is 0 Å². The van der Waals surface area contributed by atoms with E-state index in [2.05, 4.69) is 12.2 Å². The van der Waals surface area contributed by atoms with Crippen molar-refractivity contribution in [3.63, 3.8) is 0 Å². The Bertz CT molecular complexity index is 431. The summed E-state index contributed by atoms with van der Waals surface area (Å²) in [7, 11) is 0. The van der Waals surface area contributed by atoms with Gasteiger partial charge in [-0.3, -0.25) is 9.59 Å². The van der Waals surface area contributed by atoms with Crippen molar-refractivity contribution in [1.82, 2.24) is 5.32 Å². The van der Waals surface area contributed by atoms with E-state index in [0.717, 1.165) is 19.3 Å². The number of hydrogen-bond donors (Lipinski definition) is 1. The Hall–Kier alpha value is -1.91.